The Morgan fingerprint density at radius 1 is 1.17 bits per heavy atom. The Bertz CT molecular complexity index is 1600. The number of benzene rings is 2. The summed E-state index contributed by atoms with van der Waals surface area (Å²) < 4.78 is 7.94. The number of rotatable bonds is 5. The number of carbonyl (C=O) groups excluding carboxylic acids is 1. The van der Waals surface area contributed by atoms with Gasteiger partial charge in [0.2, 0.25) is 5.91 Å². The lowest BCUT2D eigenvalue weighted by atomic mass is 10.0. The van der Waals surface area contributed by atoms with Gasteiger partial charge < -0.3 is 14.6 Å². The van der Waals surface area contributed by atoms with E-state index < -0.39 is 0 Å². The highest BCUT2D eigenvalue weighted by atomic mass is 16.3. The highest BCUT2D eigenvalue weighted by molar-refractivity contribution is 6.05. The summed E-state index contributed by atoms with van der Waals surface area (Å²) in [5.41, 5.74) is 6.48. The van der Waals surface area contributed by atoms with Crippen LogP contribution in [0.3, 0.4) is 0 Å². The van der Waals surface area contributed by atoms with Gasteiger partial charge in [0.1, 0.15) is 16.9 Å². The van der Waals surface area contributed by atoms with Crippen LogP contribution in [-0.2, 0) is 11.8 Å². The minimum atomic E-state index is 0.0307. The largest absolute Gasteiger partial charge is 0.450 e. The van der Waals surface area contributed by atoms with Crippen molar-refractivity contribution < 1.29 is 9.21 Å². The van der Waals surface area contributed by atoms with Crippen molar-refractivity contribution in [3.8, 4) is 11.1 Å². The van der Waals surface area contributed by atoms with Crippen molar-refractivity contribution >= 4 is 39.5 Å². The number of hydrogen-bond donors (Lipinski definition) is 1. The Hall–Kier alpha value is -4.20. The predicted octanol–water partition coefficient (Wildman–Crippen LogP) is 5.25. The van der Waals surface area contributed by atoms with Crippen LogP contribution in [0.1, 0.15) is 24.2 Å². The molecule has 1 aliphatic rings. The van der Waals surface area contributed by atoms with Crippen LogP contribution in [0.2, 0.25) is 0 Å². The molecule has 0 unspecified atom stereocenters. The SMILES string of the molecule is Cc1nc(N2CC[C@H](CC(=O)Nc3ccc(-c4cnn(C)c4)c(C)c3)C2)c2oc3ccccc3c2n1. The van der Waals surface area contributed by atoms with Gasteiger partial charge in [0.25, 0.3) is 0 Å². The number of anilines is 2. The Morgan fingerprint density at radius 2 is 2.03 bits per heavy atom. The number of amides is 1. The number of fused-ring (bicyclic) bond motifs is 3. The Morgan fingerprint density at radius 3 is 2.83 bits per heavy atom. The van der Waals surface area contributed by atoms with Crippen molar-refractivity contribution in [2.45, 2.75) is 26.7 Å². The van der Waals surface area contributed by atoms with Gasteiger partial charge in [0, 0.05) is 49.4 Å². The van der Waals surface area contributed by atoms with Crippen LogP contribution in [-0.4, -0.2) is 38.7 Å². The third kappa shape index (κ3) is 4.08. The van der Waals surface area contributed by atoms with E-state index in [0.717, 1.165) is 75.6 Å². The lowest BCUT2D eigenvalue weighted by Gasteiger charge is -2.18. The molecule has 0 bridgehead atoms. The van der Waals surface area contributed by atoms with Crippen LogP contribution < -0.4 is 10.2 Å². The van der Waals surface area contributed by atoms with Crippen molar-refractivity contribution in [2.24, 2.45) is 13.0 Å². The number of carbonyl (C=O) groups is 1. The van der Waals surface area contributed by atoms with Gasteiger partial charge in [-0.3, -0.25) is 9.48 Å². The normalized spacial score (nSPS) is 15.8. The van der Waals surface area contributed by atoms with Crippen molar-refractivity contribution in [2.75, 3.05) is 23.3 Å². The number of aryl methyl sites for hydroxylation is 3. The zero-order chi connectivity index (χ0) is 24.8. The maximum absolute atomic E-state index is 12.9. The molecule has 1 amide bonds. The second-order valence-corrected chi connectivity index (χ2v) is 9.66. The molecule has 3 aromatic heterocycles. The molecule has 4 heterocycles. The number of para-hydroxylation sites is 1. The molecule has 36 heavy (non-hydrogen) atoms. The monoisotopic (exact) mass is 480 g/mol. The van der Waals surface area contributed by atoms with Gasteiger partial charge in [-0.25, -0.2) is 9.97 Å². The summed E-state index contributed by atoms with van der Waals surface area (Å²) in [6.45, 7) is 5.55. The molecule has 2 aromatic carbocycles. The first-order valence-corrected chi connectivity index (χ1v) is 12.2. The maximum atomic E-state index is 12.9. The molecule has 1 N–H and O–H groups in total. The fourth-order valence-electron chi connectivity index (χ4n) is 5.19. The van der Waals surface area contributed by atoms with Gasteiger partial charge in [-0.2, -0.15) is 5.10 Å². The summed E-state index contributed by atoms with van der Waals surface area (Å²) in [7, 11) is 1.91. The van der Waals surface area contributed by atoms with Gasteiger partial charge in [0.15, 0.2) is 11.4 Å². The van der Waals surface area contributed by atoms with E-state index in [1.165, 1.54) is 0 Å². The molecule has 0 saturated carbocycles. The molecule has 5 aromatic rings. The van der Waals surface area contributed by atoms with E-state index >= 15 is 0 Å². The average Bonchev–Trinajstić information content (AvgIpc) is 3.57. The third-order valence-corrected chi connectivity index (χ3v) is 6.90. The minimum absolute atomic E-state index is 0.0307. The molecular weight excluding hydrogens is 452 g/mol. The first kappa shape index (κ1) is 22.3. The molecule has 6 rings (SSSR count). The van der Waals surface area contributed by atoms with Crippen LogP contribution in [0, 0.1) is 19.8 Å². The number of nitrogens with zero attached hydrogens (tertiary/aromatic N) is 5. The number of furan rings is 1. The van der Waals surface area contributed by atoms with Gasteiger partial charge >= 0.3 is 0 Å². The van der Waals surface area contributed by atoms with Crippen LogP contribution in [0.5, 0.6) is 0 Å². The van der Waals surface area contributed by atoms with E-state index in [2.05, 4.69) is 27.2 Å². The molecule has 182 valence electrons. The second-order valence-electron chi connectivity index (χ2n) is 9.66. The second kappa shape index (κ2) is 8.78. The summed E-state index contributed by atoms with van der Waals surface area (Å²) in [6.07, 6.45) is 5.24. The van der Waals surface area contributed by atoms with Crippen molar-refractivity contribution in [3.05, 3.63) is 66.2 Å². The molecule has 8 heteroatoms. The Balaban J connectivity index is 1.14. The summed E-state index contributed by atoms with van der Waals surface area (Å²) in [6, 6.07) is 13.9. The van der Waals surface area contributed by atoms with E-state index in [-0.39, 0.29) is 11.8 Å². The lowest BCUT2D eigenvalue weighted by molar-refractivity contribution is -0.116. The van der Waals surface area contributed by atoms with Crippen molar-refractivity contribution in [3.63, 3.8) is 0 Å². The van der Waals surface area contributed by atoms with Crippen LogP contribution >= 0.6 is 0 Å². The third-order valence-electron chi connectivity index (χ3n) is 6.90. The van der Waals surface area contributed by atoms with E-state index in [4.69, 9.17) is 9.40 Å². The smallest absolute Gasteiger partial charge is 0.224 e. The highest BCUT2D eigenvalue weighted by Gasteiger charge is 2.28. The quantitative estimate of drug-likeness (QED) is 0.370. The molecule has 0 spiro atoms. The molecule has 1 saturated heterocycles. The number of nitrogens with one attached hydrogen (secondary N) is 1. The first-order chi connectivity index (χ1) is 17.4. The molecule has 1 atom stereocenters. The number of aromatic nitrogens is 4. The zero-order valence-corrected chi connectivity index (χ0v) is 20.7. The van der Waals surface area contributed by atoms with E-state index in [0.29, 0.717) is 6.42 Å². The topological polar surface area (TPSA) is 89.1 Å². The highest BCUT2D eigenvalue weighted by Crippen LogP contribution is 2.35. The van der Waals surface area contributed by atoms with Gasteiger partial charge in [-0.05, 0) is 61.6 Å². The first-order valence-electron chi connectivity index (χ1n) is 12.2. The Labute approximate surface area is 208 Å². The predicted molar refractivity (Wildman–Crippen MR) is 141 cm³/mol. The number of hydrogen-bond acceptors (Lipinski definition) is 6. The van der Waals surface area contributed by atoms with E-state index in [1.54, 1.807) is 4.68 Å². The minimum Gasteiger partial charge on any atom is -0.450 e. The molecule has 1 fully saturated rings. The van der Waals surface area contributed by atoms with Crippen molar-refractivity contribution in [1.29, 1.82) is 0 Å². The van der Waals surface area contributed by atoms with Gasteiger partial charge in [0.05, 0.1) is 6.20 Å². The van der Waals surface area contributed by atoms with Crippen LogP contribution in [0.25, 0.3) is 33.2 Å². The fraction of sp³-hybridized carbons (Fsp3) is 0.286. The van der Waals surface area contributed by atoms with Crippen LogP contribution in [0.4, 0.5) is 11.5 Å². The standard InChI is InChI=1S/C28H28N6O2/c1-17-12-21(8-9-22(17)20-14-29-33(3)16-20)32-25(35)13-19-10-11-34(15-19)28-27-26(30-18(2)31-28)23-6-4-5-7-24(23)36-27/h4-9,12,14,16,19H,10-11,13,15H2,1-3H3,(H,32,35)/t19-/m1/s1. The maximum Gasteiger partial charge on any atom is 0.224 e. The lowest BCUT2D eigenvalue weighted by Crippen LogP contribution is -2.23. The molecule has 8 nitrogen and oxygen atoms in total. The van der Waals surface area contributed by atoms with E-state index in [1.807, 2.05) is 68.8 Å². The summed E-state index contributed by atoms with van der Waals surface area (Å²) >= 11 is 0. The van der Waals surface area contributed by atoms with Gasteiger partial charge in [-0.15, -0.1) is 0 Å². The molecule has 0 aliphatic carbocycles. The summed E-state index contributed by atoms with van der Waals surface area (Å²) in [4.78, 5) is 24.5. The van der Waals surface area contributed by atoms with Crippen LogP contribution in [0.15, 0.2) is 59.3 Å². The Kier molecular flexibility index (Phi) is 5.44. The van der Waals surface area contributed by atoms with Gasteiger partial charge in [-0.1, -0.05) is 18.2 Å². The summed E-state index contributed by atoms with van der Waals surface area (Å²) in [5.74, 6) is 1.81. The fourth-order valence-corrected chi connectivity index (χ4v) is 5.19. The van der Waals surface area contributed by atoms with Crippen molar-refractivity contribution in [1.82, 2.24) is 19.7 Å². The zero-order valence-electron chi connectivity index (χ0n) is 20.7. The summed E-state index contributed by atoms with van der Waals surface area (Å²) in [5, 5.41) is 8.33. The van der Waals surface area contributed by atoms with E-state index in [9.17, 15) is 4.79 Å². The average molecular weight is 481 g/mol. The molecular formula is C28H28N6O2. The molecule has 0 radical (unpaired) electrons. The molecule has 1 aliphatic heterocycles.